The third kappa shape index (κ3) is 8.05. The van der Waals surface area contributed by atoms with Crippen LogP contribution in [0.2, 0.25) is 0 Å². The van der Waals surface area contributed by atoms with Gasteiger partial charge < -0.3 is 9.47 Å². The van der Waals surface area contributed by atoms with Crippen molar-refractivity contribution >= 4 is 5.97 Å². The Bertz CT molecular complexity index is 145. The smallest absolute Gasteiger partial charge is 0.306 e. The molecular formula is C11H22O3. The van der Waals surface area contributed by atoms with E-state index in [0.717, 1.165) is 25.9 Å². The van der Waals surface area contributed by atoms with Gasteiger partial charge in [0.1, 0.15) is 6.10 Å². The molecule has 0 aliphatic rings. The second-order valence-corrected chi connectivity index (χ2v) is 3.48. The van der Waals surface area contributed by atoms with Crippen LogP contribution in [0.25, 0.3) is 0 Å². The molecule has 84 valence electrons. The summed E-state index contributed by atoms with van der Waals surface area (Å²) >= 11 is 0. The fourth-order valence-electron chi connectivity index (χ4n) is 1.02. The van der Waals surface area contributed by atoms with Crippen LogP contribution in [0, 0.1) is 0 Å². The average Bonchev–Trinajstić information content (AvgIpc) is 2.13. The van der Waals surface area contributed by atoms with E-state index in [2.05, 4.69) is 6.92 Å². The first-order valence-corrected chi connectivity index (χ1v) is 5.47. The minimum absolute atomic E-state index is 0.120. The summed E-state index contributed by atoms with van der Waals surface area (Å²) in [6.07, 6.45) is 3.41. The SMILES string of the molecule is CCCCOCC(C)OC(=O)CCC. The van der Waals surface area contributed by atoms with Crippen molar-refractivity contribution in [1.29, 1.82) is 0 Å². The van der Waals surface area contributed by atoms with Gasteiger partial charge in [-0.3, -0.25) is 4.79 Å². The summed E-state index contributed by atoms with van der Waals surface area (Å²) < 4.78 is 10.4. The van der Waals surface area contributed by atoms with Gasteiger partial charge in [-0.25, -0.2) is 0 Å². The summed E-state index contributed by atoms with van der Waals surface area (Å²) in [6.45, 7) is 7.21. The van der Waals surface area contributed by atoms with Crippen LogP contribution in [0.4, 0.5) is 0 Å². The Balaban J connectivity index is 3.35. The molecule has 0 bridgehead atoms. The molecule has 0 aliphatic heterocycles. The number of carbonyl (C=O) groups is 1. The number of ether oxygens (including phenoxy) is 2. The lowest BCUT2D eigenvalue weighted by atomic mass is 10.3. The molecule has 0 saturated heterocycles. The van der Waals surface area contributed by atoms with Crippen molar-refractivity contribution in [2.24, 2.45) is 0 Å². The van der Waals surface area contributed by atoms with E-state index in [1.807, 2.05) is 13.8 Å². The summed E-state index contributed by atoms with van der Waals surface area (Å²) in [5, 5.41) is 0. The normalized spacial score (nSPS) is 12.5. The van der Waals surface area contributed by atoms with Crippen molar-refractivity contribution in [3.63, 3.8) is 0 Å². The zero-order valence-electron chi connectivity index (χ0n) is 9.54. The van der Waals surface area contributed by atoms with E-state index < -0.39 is 0 Å². The highest BCUT2D eigenvalue weighted by molar-refractivity contribution is 5.69. The van der Waals surface area contributed by atoms with Crippen LogP contribution in [-0.4, -0.2) is 25.3 Å². The topological polar surface area (TPSA) is 35.5 Å². The number of esters is 1. The molecule has 0 fully saturated rings. The summed E-state index contributed by atoms with van der Waals surface area (Å²) in [6, 6.07) is 0. The first kappa shape index (κ1) is 13.4. The van der Waals surface area contributed by atoms with E-state index in [4.69, 9.17) is 9.47 Å². The molecule has 3 nitrogen and oxygen atoms in total. The Morgan fingerprint density at radius 3 is 2.57 bits per heavy atom. The molecule has 0 rings (SSSR count). The summed E-state index contributed by atoms with van der Waals surface area (Å²) in [5.41, 5.74) is 0. The van der Waals surface area contributed by atoms with E-state index in [9.17, 15) is 4.79 Å². The maximum Gasteiger partial charge on any atom is 0.306 e. The Morgan fingerprint density at radius 2 is 2.00 bits per heavy atom. The molecule has 0 aromatic heterocycles. The fourth-order valence-corrected chi connectivity index (χ4v) is 1.02. The highest BCUT2D eigenvalue weighted by Crippen LogP contribution is 1.98. The summed E-state index contributed by atoms with van der Waals surface area (Å²) in [5.74, 6) is -0.126. The Kier molecular flexibility index (Phi) is 8.64. The van der Waals surface area contributed by atoms with Gasteiger partial charge >= 0.3 is 5.97 Å². The van der Waals surface area contributed by atoms with Gasteiger partial charge in [-0.15, -0.1) is 0 Å². The molecule has 3 heteroatoms. The van der Waals surface area contributed by atoms with Gasteiger partial charge in [0.2, 0.25) is 0 Å². The second-order valence-electron chi connectivity index (χ2n) is 3.48. The van der Waals surface area contributed by atoms with Crippen molar-refractivity contribution in [3.05, 3.63) is 0 Å². The van der Waals surface area contributed by atoms with Crippen molar-refractivity contribution in [3.8, 4) is 0 Å². The monoisotopic (exact) mass is 202 g/mol. The van der Waals surface area contributed by atoms with Crippen LogP contribution in [0.1, 0.15) is 46.5 Å². The molecule has 0 aliphatic carbocycles. The Labute approximate surface area is 86.8 Å². The number of hydrogen-bond acceptors (Lipinski definition) is 3. The molecule has 0 aromatic carbocycles. The predicted molar refractivity (Wildman–Crippen MR) is 56.2 cm³/mol. The first-order valence-electron chi connectivity index (χ1n) is 5.47. The molecule has 0 saturated carbocycles. The van der Waals surface area contributed by atoms with E-state index in [1.54, 1.807) is 0 Å². The van der Waals surface area contributed by atoms with Crippen LogP contribution in [-0.2, 0) is 14.3 Å². The van der Waals surface area contributed by atoms with Crippen molar-refractivity contribution in [2.75, 3.05) is 13.2 Å². The highest BCUT2D eigenvalue weighted by atomic mass is 16.6. The molecule has 1 atom stereocenters. The van der Waals surface area contributed by atoms with Gasteiger partial charge in [-0.2, -0.15) is 0 Å². The maximum atomic E-state index is 11.1. The van der Waals surface area contributed by atoms with Crippen LogP contribution < -0.4 is 0 Å². The fraction of sp³-hybridized carbons (Fsp3) is 0.909. The largest absolute Gasteiger partial charge is 0.460 e. The predicted octanol–water partition coefficient (Wildman–Crippen LogP) is 2.53. The third-order valence-corrected chi connectivity index (χ3v) is 1.78. The molecule has 0 spiro atoms. The van der Waals surface area contributed by atoms with E-state index in [0.29, 0.717) is 13.0 Å². The zero-order chi connectivity index (χ0) is 10.8. The van der Waals surface area contributed by atoms with Gasteiger partial charge in [-0.1, -0.05) is 20.3 Å². The van der Waals surface area contributed by atoms with Crippen molar-refractivity contribution in [2.45, 2.75) is 52.6 Å². The third-order valence-electron chi connectivity index (χ3n) is 1.78. The van der Waals surface area contributed by atoms with Gasteiger partial charge in [0, 0.05) is 13.0 Å². The van der Waals surface area contributed by atoms with Crippen LogP contribution in [0.15, 0.2) is 0 Å². The number of carbonyl (C=O) groups excluding carboxylic acids is 1. The lowest BCUT2D eigenvalue weighted by Gasteiger charge is -2.13. The molecule has 0 N–H and O–H groups in total. The van der Waals surface area contributed by atoms with Gasteiger partial charge in [0.25, 0.3) is 0 Å². The van der Waals surface area contributed by atoms with Gasteiger partial charge in [-0.05, 0) is 19.8 Å². The van der Waals surface area contributed by atoms with Crippen LogP contribution in [0.5, 0.6) is 0 Å². The minimum atomic E-state index is -0.126. The van der Waals surface area contributed by atoms with Gasteiger partial charge in [0.15, 0.2) is 0 Å². The Hall–Kier alpha value is -0.570. The first-order chi connectivity index (χ1) is 6.70. The van der Waals surface area contributed by atoms with Crippen molar-refractivity contribution < 1.29 is 14.3 Å². The van der Waals surface area contributed by atoms with E-state index in [1.165, 1.54) is 0 Å². The van der Waals surface area contributed by atoms with E-state index in [-0.39, 0.29) is 12.1 Å². The summed E-state index contributed by atoms with van der Waals surface area (Å²) in [4.78, 5) is 11.1. The number of hydrogen-bond donors (Lipinski definition) is 0. The van der Waals surface area contributed by atoms with E-state index >= 15 is 0 Å². The van der Waals surface area contributed by atoms with Gasteiger partial charge in [0.05, 0.1) is 6.61 Å². The number of rotatable bonds is 8. The molecule has 0 aromatic rings. The summed E-state index contributed by atoms with van der Waals surface area (Å²) in [7, 11) is 0. The molecule has 0 heterocycles. The average molecular weight is 202 g/mol. The lowest BCUT2D eigenvalue weighted by Crippen LogP contribution is -2.20. The van der Waals surface area contributed by atoms with Crippen molar-refractivity contribution in [1.82, 2.24) is 0 Å². The zero-order valence-corrected chi connectivity index (χ0v) is 9.54. The highest BCUT2D eigenvalue weighted by Gasteiger charge is 2.07. The standard InChI is InChI=1S/C11H22O3/c1-4-6-8-13-9-10(3)14-11(12)7-5-2/h10H,4-9H2,1-3H3. The van der Waals surface area contributed by atoms with Crippen LogP contribution >= 0.6 is 0 Å². The number of unbranched alkanes of at least 4 members (excludes halogenated alkanes) is 1. The molecular weight excluding hydrogens is 180 g/mol. The second kappa shape index (κ2) is 9.00. The van der Waals surface area contributed by atoms with Crippen LogP contribution in [0.3, 0.4) is 0 Å². The quantitative estimate of drug-likeness (QED) is 0.448. The molecule has 0 radical (unpaired) electrons. The molecule has 1 unspecified atom stereocenters. The Morgan fingerprint density at radius 1 is 1.29 bits per heavy atom. The molecule has 0 amide bonds. The minimum Gasteiger partial charge on any atom is -0.460 e. The maximum absolute atomic E-state index is 11.1. The lowest BCUT2D eigenvalue weighted by molar-refractivity contribution is -0.151. The molecule has 14 heavy (non-hydrogen) atoms.